The number of carbonyl (C=O) groups excluding carboxylic acids is 2. The first-order valence-electron chi connectivity index (χ1n) is 15.9. The Morgan fingerprint density at radius 3 is 2.30 bits per heavy atom. The van der Waals surface area contributed by atoms with Crippen molar-refractivity contribution in [3.8, 4) is 22.9 Å². The summed E-state index contributed by atoms with van der Waals surface area (Å²) in [6.45, 7) is 9.18. The highest BCUT2D eigenvalue weighted by molar-refractivity contribution is 6.35. The molecule has 252 valence electrons. The minimum atomic E-state index is -0.396. The smallest absolute Gasteiger partial charge is 0.406 e. The molecule has 2 saturated heterocycles. The Hall–Kier alpha value is -3.71. The molecule has 0 spiro atoms. The third kappa shape index (κ3) is 10.4. The van der Waals surface area contributed by atoms with Crippen molar-refractivity contribution in [1.82, 2.24) is 30.1 Å². The number of nitrogens with one attached hydrogen (secondary N) is 1. The van der Waals surface area contributed by atoms with E-state index in [1.54, 1.807) is 18.5 Å². The SMILES string of the molecule is CCOC(=O)CCN1CCN(c2ncc(Oc3cc(CN4CCC(CNC(=O)OC)CC4)cc(-c4cc(Cl)cc(Cl)c4)n3)cn2)CC1. The van der Waals surface area contributed by atoms with Crippen LogP contribution in [0.25, 0.3) is 11.3 Å². The maximum Gasteiger partial charge on any atom is 0.406 e. The summed E-state index contributed by atoms with van der Waals surface area (Å²) in [5, 5.41) is 3.86. The van der Waals surface area contributed by atoms with Gasteiger partial charge in [-0.05, 0) is 68.6 Å². The van der Waals surface area contributed by atoms with Crippen molar-refractivity contribution in [2.75, 3.05) is 71.0 Å². The van der Waals surface area contributed by atoms with Crippen LogP contribution >= 0.6 is 23.2 Å². The molecule has 0 unspecified atom stereocenters. The molecule has 2 aromatic heterocycles. The Morgan fingerprint density at radius 1 is 0.936 bits per heavy atom. The van der Waals surface area contributed by atoms with Crippen molar-refractivity contribution in [2.45, 2.75) is 32.7 Å². The Bertz CT molecular complexity index is 1480. The highest BCUT2D eigenvalue weighted by atomic mass is 35.5. The average Bonchev–Trinajstić information content (AvgIpc) is 3.07. The van der Waals surface area contributed by atoms with Gasteiger partial charge in [0.2, 0.25) is 11.8 Å². The van der Waals surface area contributed by atoms with E-state index in [1.807, 2.05) is 31.2 Å². The number of rotatable bonds is 12. The molecule has 0 atom stereocenters. The number of piperazine rings is 1. The number of hydrogen-bond acceptors (Lipinski definition) is 11. The van der Waals surface area contributed by atoms with Crippen LogP contribution in [0, 0.1) is 5.92 Å². The molecule has 2 fully saturated rings. The van der Waals surface area contributed by atoms with Crippen LogP contribution in [0.4, 0.5) is 10.7 Å². The minimum absolute atomic E-state index is 0.163. The number of esters is 1. The van der Waals surface area contributed by atoms with Crippen LogP contribution in [0.2, 0.25) is 10.0 Å². The number of pyridine rings is 1. The zero-order valence-electron chi connectivity index (χ0n) is 26.8. The van der Waals surface area contributed by atoms with E-state index in [-0.39, 0.29) is 5.97 Å². The van der Waals surface area contributed by atoms with E-state index in [0.29, 0.717) is 71.9 Å². The molecule has 5 rings (SSSR count). The van der Waals surface area contributed by atoms with Gasteiger partial charge in [-0.3, -0.25) is 14.6 Å². The summed E-state index contributed by atoms with van der Waals surface area (Å²) in [6.07, 6.45) is 5.27. The van der Waals surface area contributed by atoms with Crippen LogP contribution in [0.15, 0.2) is 42.7 Å². The number of carbonyl (C=O) groups is 2. The molecule has 1 amide bonds. The van der Waals surface area contributed by atoms with Crippen LogP contribution in [-0.2, 0) is 20.8 Å². The van der Waals surface area contributed by atoms with Crippen molar-refractivity contribution >= 4 is 41.2 Å². The van der Waals surface area contributed by atoms with Crippen LogP contribution in [0.3, 0.4) is 0 Å². The summed E-state index contributed by atoms with van der Waals surface area (Å²) >= 11 is 12.7. The third-order valence-corrected chi connectivity index (χ3v) is 8.72. The van der Waals surface area contributed by atoms with Crippen molar-refractivity contribution in [2.24, 2.45) is 5.92 Å². The maximum atomic E-state index is 11.7. The Labute approximate surface area is 285 Å². The summed E-state index contributed by atoms with van der Waals surface area (Å²) in [6, 6.07) is 9.32. The maximum absolute atomic E-state index is 11.7. The molecule has 1 N–H and O–H groups in total. The quantitative estimate of drug-likeness (QED) is 0.251. The number of ether oxygens (including phenoxy) is 3. The van der Waals surface area contributed by atoms with E-state index in [4.69, 9.17) is 42.4 Å². The zero-order valence-corrected chi connectivity index (χ0v) is 28.3. The number of amides is 1. The number of nitrogens with zero attached hydrogens (tertiary/aromatic N) is 6. The van der Waals surface area contributed by atoms with E-state index in [9.17, 15) is 9.59 Å². The second kappa shape index (κ2) is 16.9. The van der Waals surface area contributed by atoms with Gasteiger partial charge in [0.25, 0.3) is 0 Å². The lowest BCUT2D eigenvalue weighted by atomic mass is 9.96. The van der Waals surface area contributed by atoms with Gasteiger partial charge < -0.3 is 24.4 Å². The Kier molecular flexibility index (Phi) is 12.5. The molecule has 14 heteroatoms. The first-order chi connectivity index (χ1) is 22.8. The number of alkyl carbamates (subject to hydrolysis) is 1. The molecule has 47 heavy (non-hydrogen) atoms. The molecule has 0 aliphatic carbocycles. The van der Waals surface area contributed by atoms with Crippen LogP contribution in [-0.4, -0.2) is 103 Å². The number of piperidine rings is 1. The van der Waals surface area contributed by atoms with Gasteiger partial charge in [0, 0.05) is 67.5 Å². The van der Waals surface area contributed by atoms with Gasteiger partial charge in [0.1, 0.15) is 0 Å². The van der Waals surface area contributed by atoms with E-state index >= 15 is 0 Å². The monoisotopic (exact) mass is 685 g/mol. The fourth-order valence-electron chi connectivity index (χ4n) is 5.76. The van der Waals surface area contributed by atoms with E-state index in [0.717, 1.165) is 63.2 Å². The van der Waals surface area contributed by atoms with Gasteiger partial charge in [-0.15, -0.1) is 0 Å². The van der Waals surface area contributed by atoms with Gasteiger partial charge in [-0.25, -0.2) is 19.7 Å². The number of hydrogen-bond donors (Lipinski definition) is 1. The fourth-order valence-corrected chi connectivity index (χ4v) is 6.29. The van der Waals surface area contributed by atoms with E-state index < -0.39 is 6.09 Å². The predicted molar refractivity (Wildman–Crippen MR) is 180 cm³/mol. The van der Waals surface area contributed by atoms with E-state index in [2.05, 4.69) is 30.0 Å². The fraction of sp³-hybridized carbons (Fsp3) is 0.485. The molecular formula is C33H41Cl2N7O5. The number of halogens is 2. The highest BCUT2D eigenvalue weighted by Gasteiger charge is 2.22. The Balaban J connectivity index is 1.23. The van der Waals surface area contributed by atoms with Crippen molar-refractivity contribution in [3.05, 3.63) is 58.3 Å². The topological polar surface area (TPSA) is 122 Å². The Morgan fingerprint density at radius 2 is 1.64 bits per heavy atom. The minimum Gasteiger partial charge on any atom is -0.466 e. The standard InChI is InChI=1S/C33H41Cl2N7O5/c1-3-46-31(43)6-9-40-10-12-42(13-11-40)32-36-20-28(21-37-32)47-30-15-24(14-29(39-30)25-16-26(34)18-27(35)17-25)22-41-7-4-23(5-8-41)19-38-33(44)45-2/h14-18,20-21,23H,3-13,19,22H2,1-2H3,(H,38,44). The second-order valence-corrected chi connectivity index (χ2v) is 12.5. The van der Waals surface area contributed by atoms with Crippen molar-refractivity contribution in [1.29, 1.82) is 0 Å². The average molecular weight is 687 g/mol. The number of anilines is 1. The predicted octanol–water partition coefficient (Wildman–Crippen LogP) is 5.28. The van der Waals surface area contributed by atoms with Crippen LogP contribution in [0.5, 0.6) is 11.6 Å². The molecule has 12 nitrogen and oxygen atoms in total. The molecular weight excluding hydrogens is 645 g/mol. The van der Waals surface area contributed by atoms with E-state index in [1.165, 1.54) is 7.11 Å². The molecule has 3 aromatic rings. The molecule has 1 aromatic carbocycles. The van der Waals surface area contributed by atoms with Gasteiger partial charge in [-0.2, -0.15) is 0 Å². The van der Waals surface area contributed by atoms with Gasteiger partial charge in [-0.1, -0.05) is 23.2 Å². The number of likely N-dealkylation sites (tertiary alicyclic amines) is 1. The van der Waals surface area contributed by atoms with Gasteiger partial charge >= 0.3 is 12.1 Å². The summed E-state index contributed by atoms with van der Waals surface area (Å²) < 4.78 is 15.9. The first-order valence-corrected chi connectivity index (χ1v) is 16.7. The molecule has 0 bridgehead atoms. The van der Waals surface area contributed by atoms with Crippen molar-refractivity contribution < 1.29 is 23.8 Å². The summed E-state index contributed by atoms with van der Waals surface area (Å²) in [4.78, 5) is 43.8. The van der Waals surface area contributed by atoms with Gasteiger partial charge in [0.15, 0.2) is 5.75 Å². The number of methoxy groups -OCH3 is 1. The van der Waals surface area contributed by atoms with Crippen LogP contribution < -0.4 is 15.0 Å². The third-order valence-electron chi connectivity index (χ3n) is 8.28. The normalized spacial score (nSPS) is 16.1. The van der Waals surface area contributed by atoms with Gasteiger partial charge in [0.05, 0.1) is 38.2 Å². The summed E-state index contributed by atoms with van der Waals surface area (Å²) in [5.74, 6) is 1.76. The highest BCUT2D eigenvalue weighted by Crippen LogP contribution is 2.31. The molecule has 4 heterocycles. The lowest BCUT2D eigenvalue weighted by Gasteiger charge is -2.34. The first kappa shape index (κ1) is 34.6. The summed E-state index contributed by atoms with van der Waals surface area (Å²) in [7, 11) is 1.38. The molecule has 0 radical (unpaired) electrons. The molecule has 2 aliphatic heterocycles. The summed E-state index contributed by atoms with van der Waals surface area (Å²) in [5.41, 5.74) is 2.51. The molecule has 2 aliphatic rings. The lowest BCUT2D eigenvalue weighted by molar-refractivity contribution is -0.143. The number of aromatic nitrogens is 3. The lowest BCUT2D eigenvalue weighted by Crippen LogP contribution is -2.47. The van der Waals surface area contributed by atoms with Crippen LogP contribution in [0.1, 0.15) is 31.7 Å². The largest absolute Gasteiger partial charge is 0.466 e. The number of benzene rings is 1. The zero-order chi connectivity index (χ0) is 33.2. The molecule has 0 saturated carbocycles. The van der Waals surface area contributed by atoms with Crippen molar-refractivity contribution in [3.63, 3.8) is 0 Å². The second-order valence-electron chi connectivity index (χ2n) is 11.7.